The Hall–Kier alpha value is -2.08. The van der Waals surface area contributed by atoms with Gasteiger partial charge < -0.3 is 9.47 Å². The molecule has 17 heavy (non-hydrogen) atoms. The van der Waals surface area contributed by atoms with Gasteiger partial charge in [0.15, 0.2) is 11.3 Å². The molecule has 6 heteroatoms. The largest absolute Gasteiger partial charge is 0.468 e. The molecule has 1 saturated carbocycles. The standard InChI is InChI=1S/C11H12N2O4/c1-16-9(14)11(7-3-4-7,10(15)17-2)8(5-12)6-13/h7-8H,3-4H2,1-2H3. The molecular formula is C11H12N2O4. The fourth-order valence-corrected chi connectivity index (χ4v) is 2.00. The maximum atomic E-state index is 11.8. The average molecular weight is 236 g/mol. The molecule has 0 spiro atoms. The van der Waals surface area contributed by atoms with E-state index in [1.807, 2.05) is 0 Å². The number of nitrogens with zero attached hydrogens (tertiary/aromatic N) is 2. The van der Waals surface area contributed by atoms with Crippen LogP contribution in [0.4, 0.5) is 0 Å². The van der Waals surface area contributed by atoms with E-state index in [0.29, 0.717) is 12.8 Å². The zero-order valence-electron chi connectivity index (χ0n) is 9.60. The number of hydrogen-bond acceptors (Lipinski definition) is 6. The summed E-state index contributed by atoms with van der Waals surface area (Å²) >= 11 is 0. The lowest BCUT2D eigenvalue weighted by Crippen LogP contribution is -2.48. The number of rotatable bonds is 4. The first-order valence-corrected chi connectivity index (χ1v) is 5.05. The molecule has 0 aromatic carbocycles. The zero-order valence-corrected chi connectivity index (χ0v) is 9.60. The van der Waals surface area contributed by atoms with E-state index in [1.54, 1.807) is 12.1 Å². The van der Waals surface area contributed by atoms with Crippen molar-refractivity contribution < 1.29 is 19.1 Å². The topological polar surface area (TPSA) is 100 Å². The van der Waals surface area contributed by atoms with Gasteiger partial charge in [-0.1, -0.05) is 0 Å². The Morgan fingerprint density at radius 2 is 1.59 bits per heavy atom. The van der Waals surface area contributed by atoms with Gasteiger partial charge in [-0.2, -0.15) is 10.5 Å². The van der Waals surface area contributed by atoms with Crippen LogP contribution in [0, 0.1) is 39.9 Å². The maximum absolute atomic E-state index is 11.8. The maximum Gasteiger partial charge on any atom is 0.326 e. The summed E-state index contributed by atoms with van der Waals surface area (Å²) in [6, 6.07) is 3.36. The summed E-state index contributed by atoms with van der Waals surface area (Å²) in [6.45, 7) is 0. The Morgan fingerprint density at radius 1 is 1.18 bits per heavy atom. The van der Waals surface area contributed by atoms with Crippen LogP contribution >= 0.6 is 0 Å². The van der Waals surface area contributed by atoms with Gasteiger partial charge in [0.2, 0.25) is 0 Å². The van der Waals surface area contributed by atoms with E-state index in [9.17, 15) is 9.59 Å². The Labute approximate surface area is 98.7 Å². The fraction of sp³-hybridized carbons (Fsp3) is 0.636. The second-order valence-electron chi connectivity index (χ2n) is 3.82. The molecule has 0 radical (unpaired) electrons. The highest BCUT2D eigenvalue weighted by Gasteiger charge is 2.64. The summed E-state index contributed by atoms with van der Waals surface area (Å²) in [5.41, 5.74) is -1.80. The van der Waals surface area contributed by atoms with Crippen LogP contribution in [0.5, 0.6) is 0 Å². The summed E-state index contributed by atoms with van der Waals surface area (Å²) in [4.78, 5) is 23.7. The zero-order chi connectivity index (χ0) is 13.1. The number of methoxy groups -OCH3 is 2. The van der Waals surface area contributed by atoms with E-state index >= 15 is 0 Å². The van der Waals surface area contributed by atoms with Crippen molar-refractivity contribution in [2.45, 2.75) is 12.8 Å². The van der Waals surface area contributed by atoms with Crippen molar-refractivity contribution in [3.8, 4) is 12.1 Å². The molecule has 90 valence electrons. The van der Waals surface area contributed by atoms with Crippen LogP contribution in [0.15, 0.2) is 0 Å². The lowest BCUT2D eigenvalue weighted by Gasteiger charge is -2.28. The summed E-state index contributed by atoms with van der Waals surface area (Å²) in [7, 11) is 2.24. The van der Waals surface area contributed by atoms with E-state index in [2.05, 4.69) is 9.47 Å². The van der Waals surface area contributed by atoms with Crippen LogP contribution in [0.25, 0.3) is 0 Å². The first-order chi connectivity index (χ1) is 8.09. The third-order valence-corrected chi connectivity index (χ3v) is 2.98. The van der Waals surface area contributed by atoms with Crippen molar-refractivity contribution in [2.24, 2.45) is 17.3 Å². The molecule has 1 fully saturated rings. The van der Waals surface area contributed by atoms with E-state index in [0.717, 1.165) is 14.2 Å². The van der Waals surface area contributed by atoms with Crippen molar-refractivity contribution in [2.75, 3.05) is 14.2 Å². The predicted octanol–water partition coefficient (Wildman–Crippen LogP) is 0.392. The van der Waals surface area contributed by atoms with Gasteiger partial charge in [0.05, 0.1) is 26.4 Å². The van der Waals surface area contributed by atoms with Crippen LogP contribution in [0.1, 0.15) is 12.8 Å². The van der Waals surface area contributed by atoms with E-state index in [1.165, 1.54) is 0 Å². The highest BCUT2D eigenvalue weighted by molar-refractivity contribution is 6.02. The molecule has 1 aliphatic carbocycles. The van der Waals surface area contributed by atoms with Crippen molar-refractivity contribution in [1.82, 2.24) is 0 Å². The molecule has 1 aliphatic rings. The minimum absolute atomic E-state index is 0.355. The highest BCUT2D eigenvalue weighted by Crippen LogP contribution is 2.51. The summed E-state index contributed by atoms with van der Waals surface area (Å²) in [5, 5.41) is 17.9. The summed E-state index contributed by atoms with van der Waals surface area (Å²) in [6.07, 6.45) is 1.20. The lowest BCUT2D eigenvalue weighted by atomic mass is 9.72. The van der Waals surface area contributed by atoms with Crippen LogP contribution in [-0.4, -0.2) is 26.2 Å². The van der Waals surface area contributed by atoms with Gasteiger partial charge in [-0.25, -0.2) is 0 Å². The first-order valence-electron chi connectivity index (χ1n) is 5.05. The van der Waals surface area contributed by atoms with Crippen molar-refractivity contribution >= 4 is 11.9 Å². The van der Waals surface area contributed by atoms with Gasteiger partial charge in [-0.05, 0) is 18.8 Å². The van der Waals surface area contributed by atoms with Crippen LogP contribution in [0.2, 0.25) is 0 Å². The molecule has 0 bridgehead atoms. The van der Waals surface area contributed by atoms with Gasteiger partial charge in [-0.15, -0.1) is 0 Å². The van der Waals surface area contributed by atoms with E-state index in [4.69, 9.17) is 10.5 Å². The molecule has 1 rings (SSSR count). The molecule has 0 heterocycles. The molecule has 0 aliphatic heterocycles. The second kappa shape index (κ2) is 4.84. The highest BCUT2D eigenvalue weighted by atomic mass is 16.5. The Kier molecular flexibility index (Phi) is 3.69. The van der Waals surface area contributed by atoms with Crippen LogP contribution in [0.3, 0.4) is 0 Å². The van der Waals surface area contributed by atoms with Crippen molar-refractivity contribution in [1.29, 1.82) is 10.5 Å². The van der Waals surface area contributed by atoms with E-state index < -0.39 is 23.3 Å². The van der Waals surface area contributed by atoms with E-state index in [-0.39, 0.29) is 5.92 Å². The van der Waals surface area contributed by atoms with Crippen LogP contribution in [-0.2, 0) is 19.1 Å². The second-order valence-corrected chi connectivity index (χ2v) is 3.82. The lowest BCUT2D eigenvalue weighted by molar-refractivity contribution is -0.173. The molecule has 0 amide bonds. The molecule has 0 N–H and O–H groups in total. The van der Waals surface area contributed by atoms with Gasteiger partial charge in [0.25, 0.3) is 0 Å². The molecule has 0 aromatic heterocycles. The molecular weight excluding hydrogens is 224 g/mol. The minimum atomic E-state index is -1.80. The number of ether oxygens (including phenoxy) is 2. The SMILES string of the molecule is COC(=O)C(C(=O)OC)(C(C#N)C#N)C1CC1. The number of esters is 2. The molecule has 0 saturated heterocycles. The van der Waals surface area contributed by atoms with Crippen LogP contribution < -0.4 is 0 Å². The number of carbonyl (C=O) groups is 2. The van der Waals surface area contributed by atoms with Gasteiger partial charge in [0, 0.05) is 0 Å². The smallest absolute Gasteiger partial charge is 0.326 e. The first kappa shape index (κ1) is 13.0. The third kappa shape index (κ3) is 1.83. The average Bonchev–Trinajstić information content (AvgIpc) is 3.18. The Balaban J connectivity index is 3.32. The molecule has 0 unspecified atom stereocenters. The number of carbonyl (C=O) groups excluding carboxylic acids is 2. The number of hydrogen-bond donors (Lipinski definition) is 0. The Morgan fingerprint density at radius 3 is 1.82 bits per heavy atom. The fourth-order valence-electron chi connectivity index (χ4n) is 2.00. The van der Waals surface area contributed by atoms with Crippen molar-refractivity contribution in [3.05, 3.63) is 0 Å². The molecule has 0 atom stereocenters. The normalized spacial score (nSPS) is 14.6. The summed E-state index contributed by atoms with van der Waals surface area (Å²) in [5.74, 6) is -3.50. The predicted molar refractivity (Wildman–Crippen MR) is 53.9 cm³/mol. The quantitative estimate of drug-likeness (QED) is 0.517. The van der Waals surface area contributed by atoms with Gasteiger partial charge in [0.1, 0.15) is 0 Å². The third-order valence-electron chi connectivity index (χ3n) is 2.98. The monoisotopic (exact) mass is 236 g/mol. The number of nitriles is 2. The Bertz CT molecular complexity index is 384. The molecule has 0 aromatic rings. The summed E-state index contributed by atoms with van der Waals surface area (Å²) < 4.78 is 9.17. The minimum Gasteiger partial charge on any atom is -0.468 e. The van der Waals surface area contributed by atoms with Crippen molar-refractivity contribution in [3.63, 3.8) is 0 Å². The van der Waals surface area contributed by atoms with Gasteiger partial charge >= 0.3 is 11.9 Å². The molecule has 6 nitrogen and oxygen atoms in total. The van der Waals surface area contributed by atoms with Gasteiger partial charge in [-0.3, -0.25) is 9.59 Å².